The maximum atomic E-state index is 12.9. The lowest BCUT2D eigenvalue weighted by molar-refractivity contribution is -0.122. The predicted octanol–water partition coefficient (Wildman–Crippen LogP) is 6.22. The van der Waals surface area contributed by atoms with Gasteiger partial charge in [-0.15, -0.1) is 23.2 Å². The molecule has 0 bridgehead atoms. The second-order valence-corrected chi connectivity index (χ2v) is 10.3. The van der Waals surface area contributed by atoms with Gasteiger partial charge in [0.1, 0.15) is 10.9 Å². The minimum Gasteiger partial charge on any atom is -0.331 e. The number of amides is 3. The van der Waals surface area contributed by atoms with Crippen LogP contribution in [-0.2, 0) is 4.79 Å². The first-order valence-corrected chi connectivity index (χ1v) is 11.6. The zero-order valence-corrected chi connectivity index (χ0v) is 21.1. The fourth-order valence-corrected chi connectivity index (χ4v) is 4.95. The van der Waals surface area contributed by atoms with Crippen LogP contribution in [0.2, 0.25) is 15.1 Å². The molecule has 0 aliphatic heterocycles. The lowest BCUT2D eigenvalue weighted by Crippen LogP contribution is -2.42. The molecule has 14 heteroatoms. The number of anilines is 1. The van der Waals surface area contributed by atoms with E-state index in [1.807, 2.05) is 5.32 Å². The molecule has 0 saturated heterocycles. The predicted molar refractivity (Wildman–Crippen MR) is 129 cm³/mol. The molecule has 1 saturated carbocycles. The van der Waals surface area contributed by atoms with Crippen molar-refractivity contribution in [3.8, 4) is 0 Å². The van der Waals surface area contributed by atoms with Crippen LogP contribution in [0.4, 0.5) is 23.7 Å². The van der Waals surface area contributed by atoms with Gasteiger partial charge in [-0.25, -0.2) is 4.79 Å². The SMILES string of the molecule is O=C(NCC(=O)c1cc(NC(=O)C2C(c3cc(Cl)cc(Cl)c3)C2(Cl)Cl)ccc1Cl)NCC(F)(F)F. The van der Waals surface area contributed by atoms with Crippen LogP contribution in [0.25, 0.3) is 0 Å². The molecule has 3 amide bonds. The zero-order chi connectivity index (χ0) is 26.1. The molecule has 2 aromatic rings. The smallest absolute Gasteiger partial charge is 0.331 e. The molecule has 0 radical (unpaired) electrons. The molecule has 3 rings (SSSR count). The van der Waals surface area contributed by atoms with Gasteiger partial charge in [0.15, 0.2) is 5.78 Å². The molecule has 6 nitrogen and oxygen atoms in total. The monoisotopic (exact) mass is 589 g/mol. The lowest BCUT2D eigenvalue weighted by Gasteiger charge is -2.11. The minimum atomic E-state index is -4.60. The van der Waals surface area contributed by atoms with E-state index >= 15 is 0 Å². The van der Waals surface area contributed by atoms with Gasteiger partial charge in [-0.3, -0.25) is 9.59 Å². The molecular formula is C21H15Cl5F3N3O3. The summed E-state index contributed by atoms with van der Waals surface area (Å²) in [6.07, 6.45) is -4.60. The molecule has 2 atom stereocenters. The highest BCUT2D eigenvalue weighted by molar-refractivity contribution is 6.53. The number of carbonyl (C=O) groups is 3. The van der Waals surface area contributed by atoms with E-state index in [2.05, 4.69) is 5.32 Å². The van der Waals surface area contributed by atoms with E-state index in [0.717, 1.165) is 0 Å². The molecule has 3 N–H and O–H groups in total. The first-order chi connectivity index (χ1) is 16.2. The van der Waals surface area contributed by atoms with Crippen molar-refractivity contribution in [2.75, 3.05) is 18.4 Å². The maximum absolute atomic E-state index is 12.9. The fourth-order valence-electron chi connectivity index (χ4n) is 3.36. The molecular weight excluding hydrogens is 577 g/mol. The number of ketones is 1. The molecule has 1 aliphatic carbocycles. The van der Waals surface area contributed by atoms with Crippen molar-refractivity contribution >= 4 is 81.4 Å². The van der Waals surface area contributed by atoms with Crippen LogP contribution in [0.15, 0.2) is 36.4 Å². The second-order valence-electron chi connectivity index (χ2n) is 7.59. The largest absolute Gasteiger partial charge is 0.405 e. The highest BCUT2D eigenvalue weighted by Crippen LogP contribution is 2.65. The van der Waals surface area contributed by atoms with Gasteiger partial charge in [0, 0.05) is 27.2 Å². The van der Waals surface area contributed by atoms with Crippen LogP contribution in [0.5, 0.6) is 0 Å². The fraction of sp³-hybridized carbons (Fsp3) is 0.286. The summed E-state index contributed by atoms with van der Waals surface area (Å²) in [5, 5.41) is 6.90. The number of nitrogens with one attached hydrogen (secondary N) is 3. The number of Topliss-reactive ketones (excluding diaryl/α,β-unsaturated/α-hetero) is 1. The van der Waals surface area contributed by atoms with E-state index in [9.17, 15) is 27.6 Å². The van der Waals surface area contributed by atoms with Crippen molar-refractivity contribution in [2.24, 2.45) is 5.92 Å². The van der Waals surface area contributed by atoms with Crippen molar-refractivity contribution in [3.05, 3.63) is 62.6 Å². The Bertz CT molecular complexity index is 1160. The Morgan fingerprint density at radius 1 is 0.943 bits per heavy atom. The summed E-state index contributed by atoms with van der Waals surface area (Å²) in [5.41, 5.74) is 0.690. The van der Waals surface area contributed by atoms with Crippen LogP contribution in [0, 0.1) is 5.92 Å². The van der Waals surface area contributed by atoms with Crippen molar-refractivity contribution in [1.29, 1.82) is 0 Å². The van der Waals surface area contributed by atoms with Gasteiger partial charge < -0.3 is 16.0 Å². The van der Waals surface area contributed by atoms with E-state index in [0.29, 0.717) is 15.6 Å². The summed E-state index contributed by atoms with van der Waals surface area (Å²) in [4.78, 5) is 36.7. The highest BCUT2D eigenvalue weighted by atomic mass is 35.5. The quantitative estimate of drug-likeness (QED) is 0.264. The Hall–Kier alpha value is -1.91. The number of benzene rings is 2. The number of carbonyl (C=O) groups excluding carboxylic acids is 3. The van der Waals surface area contributed by atoms with E-state index in [1.165, 1.54) is 24.3 Å². The van der Waals surface area contributed by atoms with Crippen molar-refractivity contribution in [1.82, 2.24) is 10.6 Å². The van der Waals surface area contributed by atoms with E-state index in [1.54, 1.807) is 17.4 Å². The third kappa shape index (κ3) is 7.07. The number of rotatable bonds is 7. The first-order valence-electron chi connectivity index (χ1n) is 9.75. The Kier molecular flexibility index (Phi) is 8.38. The van der Waals surface area contributed by atoms with Crippen LogP contribution in [0.1, 0.15) is 21.8 Å². The third-order valence-electron chi connectivity index (χ3n) is 4.97. The molecule has 1 fully saturated rings. The molecule has 35 heavy (non-hydrogen) atoms. The third-order valence-corrected chi connectivity index (χ3v) is 6.68. The molecule has 0 aromatic heterocycles. The van der Waals surface area contributed by atoms with Crippen LogP contribution < -0.4 is 16.0 Å². The Morgan fingerprint density at radius 3 is 2.17 bits per heavy atom. The number of urea groups is 1. The summed E-state index contributed by atoms with van der Waals surface area (Å²) in [6, 6.07) is 7.56. The Balaban J connectivity index is 1.66. The first kappa shape index (κ1) is 27.7. The number of halogens is 8. The van der Waals surface area contributed by atoms with Crippen LogP contribution in [-0.4, -0.2) is 41.3 Å². The van der Waals surface area contributed by atoms with Crippen molar-refractivity contribution < 1.29 is 27.6 Å². The van der Waals surface area contributed by atoms with E-state index in [-0.39, 0.29) is 16.3 Å². The summed E-state index contributed by atoms with van der Waals surface area (Å²) in [5.74, 6) is -2.68. The summed E-state index contributed by atoms with van der Waals surface area (Å²) < 4.78 is 35.1. The lowest BCUT2D eigenvalue weighted by atomic mass is 10.1. The van der Waals surface area contributed by atoms with Crippen LogP contribution in [0.3, 0.4) is 0 Å². The summed E-state index contributed by atoms with van der Waals surface area (Å²) in [6.45, 7) is -2.19. The van der Waals surface area contributed by atoms with Gasteiger partial charge >= 0.3 is 12.2 Å². The van der Waals surface area contributed by atoms with E-state index in [4.69, 9.17) is 58.0 Å². The number of hydrogen-bond donors (Lipinski definition) is 3. The van der Waals surface area contributed by atoms with Gasteiger partial charge in [0.2, 0.25) is 5.91 Å². The number of hydrogen-bond acceptors (Lipinski definition) is 3. The van der Waals surface area contributed by atoms with Gasteiger partial charge in [0.05, 0.1) is 17.5 Å². The molecule has 0 heterocycles. The molecule has 1 aliphatic rings. The molecule has 2 aromatic carbocycles. The minimum absolute atomic E-state index is 0.00685. The average molecular weight is 592 g/mol. The van der Waals surface area contributed by atoms with Crippen LogP contribution >= 0.6 is 58.0 Å². The highest BCUT2D eigenvalue weighted by Gasteiger charge is 2.67. The summed E-state index contributed by atoms with van der Waals surface area (Å²) >= 11 is 30.7. The molecule has 2 unspecified atom stereocenters. The standard InChI is InChI=1S/C21H15Cl5F3N3O3/c22-10-3-9(4-11(23)5-10)16-17(21(16,25)26)18(34)32-12-1-2-14(24)13(6-12)15(33)7-30-19(35)31-8-20(27,28)29/h1-6,16-17H,7-8H2,(H,32,34)(H2,30,31,35). The zero-order valence-electron chi connectivity index (χ0n) is 17.3. The Labute approximate surface area is 222 Å². The Morgan fingerprint density at radius 2 is 1.57 bits per heavy atom. The van der Waals surface area contributed by atoms with Crippen molar-refractivity contribution in [3.63, 3.8) is 0 Å². The number of alkyl halides is 5. The van der Waals surface area contributed by atoms with Gasteiger partial charge in [-0.2, -0.15) is 13.2 Å². The topological polar surface area (TPSA) is 87.3 Å². The average Bonchev–Trinajstić information content (AvgIpc) is 3.32. The second kappa shape index (κ2) is 10.6. The van der Waals surface area contributed by atoms with Gasteiger partial charge in [0.25, 0.3) is 0 Å². The molecule has 0 spiro atoms. The van der Waals surface area contributed by atoms with Gasteiger partial charge in [-0.05, 0) is 42.0 Å². The molecule has 188 valence electrons. The van der Waals surface area contributed by atoms with Crippen molar-refractivity contribution in [2.45, 2.75) is 16.4 Å². The van der Waals surface area contributed by atoms with E-state index < -0.39 is 53.2 Å². The normalized spacial score (nSPS) is 18.5. The maximum Gasteiger partial charge on any atom is 0.405 e. The summed E-state index contributed by atoms with van der Waals surface area (Å²) in [7, 11) is 0. The van der Waals surface area contributed by atoms with Gasteiger partial charge in [-0.1, -0.05) is 34.8 Å².